The maximum absolute atomic E-state index is 12.4. The number of aryl methyl sites for hydroxylation is 2. The first-order valence-electron chi connectivity index (χ1n) is 7.95. The number of carbonyl (C=O) groups excluding carboxylic acids is 1. The predicted molar refractivity (Wildman–Crippen MR) is 99.0 cm³/mol. The number of amides is 1. The number of hydrogen-bond acceptors (Lipinski definition) is 4. The van der Waals surface area contributed by atoms with Gasteiger partial charge in [-0.3, -0.25) is 4.79 Å². The van der Waals surface area contributed by atoms with E-state index in [-0.39, 0.29) is 5.91 Å². The molecule has 0 unspecified atom stereocenters. The Labute approximate surface area is 145 Å². The Balaban J connectivity index is 1.78. The zero-order valence-corrected chi connectivity index (χ0v) is 14.9. The number of carbonyl (C=O) groups is 1. The van der Waals surface area contributed by atoms with Crippen molar-refractivity contribution in [3.8, 4) is 5.75 Å². The minimum atomic E-state index is -0.0549. The molecule has 3 aromatic rings. The van der Waals surface area contributed by atoms with Gasteiger partial charge in [-0.1, -0.05) is 41.2 Å². The Morgan fingerprint density at radius 1 is 1.25 bits per heavy atom. The average molecular weight is 340 g/mol. The highest BCUT2D eigenvalue weighted by Gasteiger charge is 2.12. The summed E-state index contributed by atoms with van der Waals surface area (Å²) in [5, 5.41) is 3.51. The Morgan fingerprint density at radius 3 is 2.88 bits per heavy atom. The number of nitrogens with one attached hydrogen (secondary N) is 1. The van der Waals surface area contributed by atoms with Crippen molar-refractivity contribution in [2.75, 3.05) is 11.9 Å². The quantitative estimate of drug-likeness (QED) is 0.744. The third-order valence-corrected chi connectivity index (χ3v) is 4.72. The lowest BCUT2D eigenvalue weighted by Gasteiger charge is -2.06. The van der Waals surface area contributed by atoms with E-state index in [4.69, 9.17) is 4.74 Å². The molecule has 0 saturated heterocycles. The smallest absolute Gasteiger partial charge is 0.230 e. The normalized spacial score (nSPS) is 10.8. The van der Waals surface area contributed by atoms with Gasteiger partial charge in [-0.25, -0.2) is 4.98 Å². The zero-order chi connectivity index (χ0) is 17.1. The first kappa shape index (κ1) is 16.5. The van der Waals surface area contributed by atoms with Crippen molar-refractivity contribution >= 4 is 32.6 Å². The fraction of sp³-hybridized carbons (Fsp3) is 0.263. The van der Waals surface area contributed by atoms with Gasteiger partial charge in [-0.2, -0.15) is 0 Å². The highest BCUT2D eigenvalue weighted by molar-refractivity contribution is 7.22. The lowest BCUT2D eigenvalue weighted by atomic mass is 10.0. The number of nitrogens with zero attached hydrogens (tertiary/aromatic N) is 1. The van der Waals surface area contributed by atoms with Gasteiger partial charge in [-0.05, 0) is 44.0 Å². The summed E-state index contributed by atoms with van der Waals surface area (Å²) < 4.78 is 6.60. The van der Waals surface area contributed by atoms with Crippen molar-refractivity contribution in [1.82, 2.24) is 4.98 Å². The monoisotopic (exact) mass is 340 g/mol. The molecule has 24 heavy (non-hydrogen) atoms. The minimum Gasteiger partial charge on any atom is -0.492 e. The molecule has 124 valence electrons. The van der Waals surface area contributed by atoms with Crippen molar-refractivity contribution in [2.24, 2.45) is 0 Å². The molecule has 0 spiro atoms. The minimum absolute atomic E-state index is 0.0549. The van der Waals surface area contributed by atoms with Crippen molar-refractivity contribution in [3.05, 3.63) is 53.1 Å². The molecule has 1 amide bonds. The molecule has 0 fully saturated rings. The number of fused-ring (bicyclic) bond motifs is 1. The summed E-state index contributed by atoms with van der Waals surface area (Å²) in [6, 6.07) is 12.0. The van der Waals surface area contributed by atoms with Crippen LogP contribution in [0.3, 0.4) is 0 Å². The molecule has 0 aliphatic carbocycles. The van der Waals surface area contributed by atoms with Crippen molar-refractivity contribution in [1.29, 1.82) is 0 Å². The summed E-state index contributed by atoms with van der Waals surface area (Å²) in [6.07, 6.45) is 0.349. The second kappa shape index (κ2) is 7.01. The van der Waals surface area contributed by atoms with Gasteiger partial charge < -0.3 is 10.1 Å². The first-order valence-corrected chi connectivity index (χ1v) is 8.77. The van der Waals surface area contributed by atoms with Crippen LogP contribution in [0, 0.1) is 13.8 Å². The highest BCUT2D eigenvalue weighted by atomic mass is 32.1. The van der Waals surface area contributed by atoms with E-state index < -0.39 is 0 Å². The second-order valence-electron chi connectivity index (χ2n) is 5.71. The fourth-order valence-corrected chi connectivity index (χ4v) is 3.48. The molecule has 1 aromatic heterocycles. The average Bonchev–Trinajstić information content (AvgIpc) is 2.94. The molecule has 0 atom stereocenters. The van der Waals surface area contributed by atoms with E-state index in [0.717, 1.165) is 32.7 Å². The van der Waals surface area contributed by atoms with E-state index in [1.165, 1.54) is 11.3 Å². The van der Waals surface area contributed by atoms with Gasteiger partial charge in [0, 0.05) is 0 Å². The van der Waals surface area contributed by atoms with E-state index in [9.17, 15) is 4.79 Å². The van der Waals surface area contributed by atoms with E-state index >= 15 is 0 Å². The van der Waals surface area contributed by atoms with Gasteiger partial charge in [0.25, 0.3) is 0 Å². The van der Waals surface area contributed by atoms with Crippen molar-refractivity contribution in [3.63, 3.8) is 0 Å². The van der Waals surface area contributed by atoms with Crippen LogP contribution in [0.2, 0.25) is 0 Å². The van der Waals surface area contributed by atoms with Gasteiger partial charge in [-0.15, -0.1) is 0 Å². The summed E-state index contributed by atoms with van der Waals surface area (Å²) in [5.41, 5.74) is 4.12. The Kier molecular flexibility index (Phi) is 4.81. The number of benzene rings is 2. The highest BCUT2D eigenvalue weighted by Crippen LogP contribution is 2.32. The van der Waals surface area contributed by atoms with Crippen LogP contribution >= 0.6 is 11.3 Å². The molecular weight excluding hydrogens is 320 g/mol. The van der Waals surface area contributed by atoms with Crippen LogP contribution < -0.4 is 10.1 Å². The van der Waals surface area contributed by atoms with Gasteiger partial charge in [0.15, 0.2) is 5.13 Å². The van der Waals surface area contributed by atoms with Crippen LogP contribution in [0.4, 0.5) is 5.13 Å². The molecule has 4 nitrogen and oxygen atoms in total. The third-order valence-electron chi connectivity index (χ3n) is 3.78. The van der Waals surface area contributed by atoms with Crippen molar-refractivity contribution in [2.45, 2.75) is 27.2 Å². The SMILES string of the molecule is CCOc1cccc2sc(NC(=O)Cc3cc(C)ccc3C)nc12. The van der Waals surface area contributed by atoms with Gasteiger partial charge in [0.2, 0.25) is 5.91 Å². The molecular formula is C19H20N2O2S. The Hall–Kier alpha value is -2.40. The van der Waals surface area contributed by atoms with Crippen LogP contribution in [-0.2, 0) is 11.2 Å². The fourth-order valence-electron chi connectivity index (χ4n) is 2.58. The van der Waals surface area contributed by atoms with Gasteiger partial charge in [0.05, 0.1) is 17.7 Å². The number of thiazole rings is 1. The summed E-state index contributed by atoms with van der Waals surface area (Å²) in [6.45, 7) is 6.58. The second-order valence-corrected chi connectivity index (χ2v) is 6.74. The van der Waals surface area contributed by atoms with Crippen molar-refractivity contribution < 1.29 is 9.53 Å². The Bertz CT molecular complexity index is 886. The molecule has 0 saturated carbocycles. The van der Waals surface area contributed by atoms with Crippen LogP contribution in [0.5, 0.6) is 5.75 Å². The lowest BCUT2D eigenvalue weighted by Crippen LogP contribution is -2.15. The van der Waals surface area contributed by atoms with E-state index in [0.29, 0.717) is 18.2 Å². The molecule has 0 aliphatic heterocycles. The molecule has 5 heteroatoms. The van der Waals surface area contributed by atoms with Gasteiger partial charge in [0.1, 0.15) is 11.3 Å². The third kappa shape index (κ3) is 3.57. The number of para-hydroxylation sites is 1. The van der Waals surface area contributed by atoms with E-state index in [1.54, 1.807) is 0 Å². The predicted octanol–water partition coefficient (Wildman–Crippen LogP) is 4.49. The van der Waals surface area contributed by atoms with E-state index in [1.807, 2.05) is 45.0 Å². The largest absolute Gasteiger partial charge is 0.492 e. The van der Waals surface area contributed by atoms with Crippen LogP contribution in [0.15, 0.2) is 36.4 Å². The summed E-state index contributed by atoms with van der Waals surface area (Å²) in [4.78, 5) is 16.9. The maximum atomic E-state index is 12.4. The van der Waals surface area contributed by atoms with Crippen LogP contribution in [0.1, 0.15) is 23.6 Å². The zero-order valence-electron chi connectivity index (χ0n) is 14.1. The number of ether oxygens (including phenoxy) is 1. The topological polar surface area (TPSA) is 51.2 Å². The molecule has 1 heterocycles. The summed E-state index contributed by atoms with van der Waals surface area (Å²) in [5.74, 6) is 0.696. The number of hydrogen-bond donors (Lipinski definition) is 1. The molecule has 1 N–H and O–H groups in total. The Morgan fingerprint density at radius 2 is 2.08 bits per heavy atom. The molecule has 3 rings (SSSR count). The number of rotatable bonds is 5. The first-order chi connectivity index (χ1) is 11.6. The lowest BCUT2D eigenvalue weighted by molar-refractivity contribution is -0.115. The maximum Gasteiger partial charge on any atom is 0.230 e. The molecule has 0 radical (unpaired) electrons. The standard InChI is InChI=1S/C19H20N2O2S/c1-4-23-15-6-5-7-16-18(15)21-19(24-16)20-17(22)11-14-10-12(2)8-9-13(14)3/h5-10H,4,11H2,1-3H3,(H,20,21,22). The van der Waals surface area contributed by atoms with Gasteiger partial charge >= 0.3 is 0 Å². The van der Waals surface area contributed by atoms with Crippen LogP contribution in [-0.4, -0.2) is 17.5 Å². The molecule has 2 aromatic carbocycles. The summed E-state index contributed by atoms with van der Waals surface area (Å²) >= 11 is 1.46. The number of anilines is 1. The van der Waals surface area contributed by atoms with E-state index in [2.05, 4.69) is 22.4 Å². The number of aromatic nitrogens is 1. The van der Waals surface area contributed by atoms with Crippen LogP contribution in [0.25, 0.3) is 10.2 Å². The molecule has 0 aliphatic rings. The summed E-state index contributed by atoms with van der Waals surface area (Å²) in [7, 11) is 0. The molecule has 0 bridgehead atoms.